The number of ether oxygens (including phenoxy) is 1. The number of carbonyl (C=O) groups excluding carboxylic acids is 2. The number of carbonyl (C=O) groups is 2. The molecular formula is C18H25NO3. The fraction of sp³-hybridized carbons (Fsp3) is 0.556. The fourth-order valence-electron chi connectivity index (χ4n) is 2.67. The van der Waals surface area contributed by atoms with Crippen molar-refractivity contribution in [3.63, 3.8) is 0 Å². The molecule has 4 heteroatoms. The molecule has 1 heterocycles. The summed E-state index contributed by atoms with van der Waals surface area (Å²) in [5.74, 6) is 0.482. The Balaban J connectivity index is 1.96. The van der Waals surface area contributed by atoms with Crippen molar-refractivity contribution in [2.75, 3.05) is 19.7 Å². The number of Topliss-reactive ketones (excluding diaryl/α,β-unsaturated/α-hetero) is 1. The molecule has 4 nitrogen and oxygen atoms in total. The van der Waals surface area contributed by atoms with Crippen LogP contribution in [0.25, 0.3) is 0 Å². The maximum absolute atomic E-state index is 12.6. The van der Waals surface area contributed by atoms with E-state index >= 15 is 0 Å². The standard InChI is InChI=1S/C18H25NO3/c1-13(2)9-11-22-15-8-10-19(12-15)18(21)17-7-5-4-6-16(17)14(3)20/h4-7,13,15H,8-12H2,1-3H3/t15-/m1/s1. The number of benzene rings is 1. The molecule has 0 unspecified atom stereocenters. The van der Waals surface area contributed by atoms with Gasteiger partial charge in [0.2, 0.25) is 0 Å². The van der Waals surface area contributed by atoms with Crippen molar-refractivity contribution >= 4 is 11.7 Å². The monoisotopic (exact) mass is 303 g/mol. The summed E-state index contributed by atoms with van der Waals surface area (Å²) < 4.78 is 5.85. The van der Waals surface area contributed by atoms with E-state index < -0.39 is 0 Å². The van der Waals surface area contributed by atoms with Crippen LogP contribution < -0.4 is 0 Å². The molecule has 22 heavy (non-hydrogen) atoms. The zero-order chi connectivity index (χ0) is 16.1. The molecule has 1 saturated heterocycles. The second-order valence-corrected chi connectivity index (χ2v) is 6.32. The Bertz CT molecular complexity index is 539. The number of ketones is 1. The Morgan fingerprint density at radius 1 is 1.27 bits per heavy atom. The highest BCUT2D eigenvalue weighted by Crippen LogP contribution is 2.19. The zero-order valence-electron chi connectivity index (χ0n) is 13.7. The van der Waals surface area contributed by atoms with Gasteiger partial charge in [-0.3, -0.25) is 9.59 Å². The number of hydrogen-bond donors (Lipinski definition) is 0. The summed E-state index contributed by atoms with van der Waals surface area (Å²) >= 11 is 0. The molecule has 1 fully saturated rings. The van der Waals surface area contributed by atoms with Crippen LogP contribution in [0.2, 0.25) is 0 Å². The van der Waals surface area contributed by atoms with Crippen LogP contribution in [0.3, 0.4) is 0 Å². The number of nitrogens with zero attached hydrogens (tertiary/aromatic N) is 1. The molecule has 0 N–H and O–H groups in total. The number of hydrogen-bond acceptors (Lipinski definition) is 3. The van der Waals surface area contributed by atoms with E-state index in [1.807, 2.05) is 0 Å². The van der Waals surface area contributed by atoms with Crippen LogP contribution in [0.15, 0.2) is 24.3 Å². The Kier molecular flexibility index (Phi) is 5.72. The number of rotatable bonds is 6. The van der Waals surface area contributed by atoms with Gasteiger partial charge in [0.15, 0.2) is 5.78 Å². The summed E-state index contributed by atoms with van der Waals surface area (Å²) in [7, 11) is 0. The molecule has 0 bridgehead atoms. The Labute approximate surface area is 132 Å². The molecule has 120 valence electrons. The third-order valence-electron chi connectivity index (χ3n) is 4.02. The Morgan fingerprint density at radius 3 is 2.59 bits per heavy atom. The largest absolute Gasteiger partial charge is 0.376 e. The minimum absolute atomic E-state index is 0.0687. The fourth-order valence-corrected chi connectivity index (χ4v) is 2.67. The predicted molar refractivity (Wildman–Crippen MR) is 86.2 cm³/mol. The van der Waals surface area contributed by atoms with Crippen LogP contribution in [0.1, 0.15) is 54.3 Å². The minimum Gasteiger partial charge on any atom is -0.376 e. The van der Waals surface area contributed by atoms with Crippen LogP contribution in [0.4, 0.5) is 0 Å². The number of amides is 1. The van der Waals surface area contributed by atoms with Gasteiger partial charge in [-0.05, 0) is 31.7 Å². The minimum atomic E-state index is -0.0760. The van der Waals surface area contributed by atoms with Gasteiger partial charge in [0.05, 0.1) is 11.7 Å². The van der Waals surface area contributed by atoms with E-state index in [1.54, 1.807) is 29.2 Å². The molecule has 0 radical (unpaired) electrons. The van der Waals surface area contributed by atoms with Crippen LogP contribution >= 0.6 is 0 Å². The smallest absolute Gasteiger partial charge is 0.254 e. The highest BCUT2D eigenvalue weighted by Gasteiger charge is 2.28. The molecule has 1 aliphatic rings. The van der Waals surface area contributed by atoms with Gasteiger partial charge in [0.25, 0.3) is 5.91 Å². The molecule has 1 aliphatic heterocycles. The average molecular weight is 303 g/mol. The first-order valence-electron chi connectivity index (χ1n) is 8.00. The van der Waals surface area contributed by atoms with E-state index in [0.717, 1.165) is 19.4 Å². The molecule has 1 atom stereocenters. The summed E-state index contributed by atoms with van der Waals surface area (Å²) in [4.78, 5) is 26.1. The summed E-state index contributed by atoms with van der Waals surface area (Å²) in [6, 6.07) is 7.02. The highest BCUT2D eigenvalue weighted by molar-refractivity contribution is 6.07. The average Bonchev–Trinajstić information content (AvgIpc) is 2.95. The maximum Gasteiger partial charge on any atom is 0.254 e. The van der Waals surface area contributed by atoms with Crippen LogP contribution in [-0.4, -0.2) is 42.4 Å². The van der Waals surface area contributed by atoms with E-state index in [9.17, 15) is 9.59 Å². The van der Waals surface area contributed by atoms with Crippen molar-refractivity contribution in [3.05, 3.63) is 35.4 Å². The second kappa shape index (κ2) is 7.54. The van der Waals surface area contributed by atoms with Crippen molar-refractivity contribution in [2.24, 2.45) is 5.92 Å². The Morgan fingerprint density at radius 2 is 1.95 bits per heavy atom. The molecule has 1 aromatic rings. The predicted octanol–water partition coefficient (Wildman–Crippen LogP) is 3.17. The Hall–Kier alpha value is -1.68. The summed E-state index contributed by atoms with van der Waals surface area (Å²) in [5.41, 5.74) is 0.995. The first-order chi connectivity index (χ1) is 10.5. The lowest BCUT2D eigenvalue weighted by Gasteiger charge is -2.18. The van der Waals surface area contributed by atoms with Crippen molar-refractivity contribution in [2.45, 2.75) is 39.7 Å². The van der Waals surface area contributed by atoms with Crippen LogP contribution in [0, 0.1) is 5.92 Å². The van der Waals surface area contributed by atoms with Gasteiger partial charge >= 0.3 is 0 Å². The number of likely N-dealkylation sites (tertiary alicyclic amines) is 1. The van der Waals surface area contributed by atoms with Crippen molar-refractivity contribution < 1.29 is 14.3 Å². The molecule has 0 spiro atoms. The third-order valence-corrected chi connectivity index (χ3v) is 4.02. The van der Waals surface area contributed by atoms with Crippen molar-refractivity contribution in [3.8, 4) is 0 Å². The highest BCUT2D eigenvalue weighted by atomic mass is 16.5. The van der Waals surface area contributed by atoms with E-state index in [2.05, 4.69) is 13.8 Å². The molecule has 0 aliphatic carbocycles. The topological polar surface area (TPSA) is 46.6 Å². The molecular weight excluding hydrogens is 278 g/mol. The summed E-state index contributed by atoms with van der Waals surface area (Å²) in [5, 5.41) is 0. The van der Waals surface area contributed by atoms with Gasteiger partial charge in [-0.25, -0.2) is 0 Å². The van der Waals surface area contributed by atoms with Crippen molar-refractivity contribution in [1.82, 2.24) is 4.90 Å². The molecule has 0 saturated carbocycles. The van der Waals surface area contributed by atoms with E-state index in [4.69, 9.17) is 4.74 Å². The third kappa shape index (κ3) is 4.17. The summed E-state index contributed by atoms with van der Waals surface area (Å²) in [6.07, 6.45) is 2.02. The second-order valence-electron chi connectivity index (χ2n) is 6.32. The van der Waals surface area contributed by atoms with Gasteiger partial charge in [0, 0.05) is 25.3 Å². The lowest BCUT2D eigenvalue weighted by molar-refractivity contribution is 0.0483. The van der Waals surface area contributed by atoms with Gasteiger partial charge in [-0.15, -0.1) is 0 Å². The molecule has 1 amide bonds. The van der Waals surface area contributed by atoms with Crippen molar-refractivity contribution in [1.29, 1.82) is 0 Å². The van der Waals surface area contributed by atoms with Gasteiger partial charge in [-0.1, -0.05) is 32.0 Å². The molecule has 0 aromatic heterocycles. The first-order valence-corrected chi connectivity index (χ1v) is 8.00. The van der Waals surface area contributed by atoms with Crippen LogP contribution in [0.5, 0.6) is 0 Å². The van der Waals surface area contributed by atoms with E-state index in [1.165, 1.54) is 6.92 Å². The first kappa shape index (κ1) is 16.7. The lowest BCUT2D eigenvalue weighted by atomic mass is 10.0. The lowest BCUT2D eigenvalue weighted by Crippen LogP contribution is -2.31. The van der Waals surface area contributed by atoms with E-state index in [0.29, 0.717) is 30.1 Å². The van der Waals surface area contributed by atoms with E-state index in [-0.39, 0.29) is 17.8 Å². The van der Waals surface area contributed by atoms with Gasteiger partial charge in [0.1, 0.15) is 0 Å². The summed E-state index contributed by atoms with van der Waals surface area (Å²) in [6.45, 7) is 7.89. The zero-order valence-corrected chi connectivity index (χ0v) is 13.7. The molecule has 1 aromatic carbocycles. The normalized spacial score (nSPS) is 18.0. The van der Waals surface area contributed by atoms with Gasteiger partial charge in [-0.2, -0.15) is 0 Å². The molecule has 2 rings (SSSR count). The van der Waals surface area contributed by atoms with Gasteiger partial charge < -0.3 is 9.64 Å². The SMILES string of the molecule is CC(=O)c1ccccc1C(=O)N1CC[C@@H](OCCC(C)C)C1. The van der Waals surface area contributed by atoms with Crippen LogP contribution in [-0.2, 0) is 4.74 Å². The maximum atomic E-state index is 12.6. The quantitative estimate of drug-likeness (QED) is 0.758.